The number of rotatable bonds is 7. The lowest BCUT2D eigenvalue weighted by Gasteiger charge is -2.34. The predicted octanol–water partition coefficient (Wildman–Crippen LogP) is 3.62. The van der Waals surface area contributed by atoms with Crippen LogP contribution in [0.25, 0.3) is 6.08 Å². The Morgan fingerprint density at radius 2 is 1.68 bits per heavy atom. The van der Waals surface area contributed by atoms with Gasteiger partial charge in [0.15, 0.2) is 11.6 Å². The third-order valence-electron chi connectivity index (χ3n) is 4.80. The molecule has 0 saturated carbocycles. The average molecular weight is 385 g/mol. The van der Waals surface area contributed by atoms with E-state index in [1.807, 2.05) is 18.2 Å². The van der Waals surface area contributed by atoms with Crippen LogP contribution in [-0.2, 0) is 4.79 Å². The van der Waals surface area contributed by atoms with Gasteiger partial charge in [0.05, 0.1) is 0 Å². The minimum Gasteiger partial charge on any atom is -0.326 e. The van der Waals surface area contributed by atoms with Gasteiger partial charge in [0.25, 0.3) is 0 Å². The molecule has 148 valence electrons. The maximum absolute atomic E-state index is 13.2. The summed E-state index contributed by atoms with van der Waals surface area (Å²) >= 11 is 0. The fourth-order valence-corrected chi connectivity index (χ4v) is 3.15. The Labute approximate surface area is 164 Å². The molecular formula is C22H25F2N3O. The van der Waals surface area contributed by atoms with Crippen LogP contribution in [0.4, 0.5) is 14.5 Å². The number of halogens is 2. The van der Waals surface area contributed by atoms with Crippen LogP contribution in [-0.4, -0.2) is 55.0 Å². The van der Waals surface area contributed by atoms with Crippen molar-refractivity contribution >= 4 is 17.7 Å². The Balaban J connectivity index is 1.34. The van der Waals surface area contributed by atoms with Gasteiger partial charge >= 0.3 is 0 Å². The third kappa shape index (κ3) is 6.25. The molecule has 1 aliphatic rings. The molecular weight excluding hydrogens is 360 g/mol. The van der Waals surface area contributed by atoms with E-state index in [-0.39, 0.29) is 11.6 Å². The SMILES string of the molecule is O=C(CCN1CCN(C/C=C/c2ccccc2)CC1)Nc1ccc(F)c(F)c1. The number of amides is 1. The molecule has 4 nitrogen and oxygen atoms in total. The molecule has 0 radical (unpaired) electrons. The molecule has 1 heterocycles. The largest absolute Gasteiger partial charge is 0.326 e. The van der Waals surface area contributed by atoms with Gasteiger partial charge in [-0.3, -0.25) is 9.69 Å². The van der Waals surface area contributed by atoms with Crippen molar-refractivity contribution in [2.24, 2.45) is 0 Å². The Morgan fingerprint density at radius 3 is 2.39 bits per heavy atom. The molecule has 1 amide bonds. The summed E-state index contributed by atoms with van der Waals surface area (Å²) in [5.41, 5.74) is 1.48. The Hall–Kier alpha value is -2.57. The molecule has 28 heavy (non-hydrogen) atoms. The van der Waals surface area contributed by atoms with Gasteiger partial charge in [-0.25, -0.2) is 8.78 Å². The number of hydrogen-bond donors (Lipinski definition) is 1. The van der Waals surface area contributed by atoms with E-state index < -0.39 is 11.6 Å². The first kappa shape index (κ1) is 20.2. The highest BCUT2D eigenvalue weighted by atomic mass is 19.2. The number of benzene rings is 2. The zero-order valence-electron chi connectivity index (χ0n) is 15.8. The summed E-state index contributed by atoms with van der Waals surface area (Å²) < 4.78 is 26.1. The number of nitrogens with zero attached hydrogens (tertiary/aromatic N) is 2. The van der Waals surface area contributed by atoms with E-state index in [9.17, 15) is 13.6 Å². The zero-order chi connectivity index (χ0) is 19.8. The van der Waals surface area contributed by atoms with Crippen molar-refractivity contribution in [3.8, 4) is 0 Å². The highest BCUT2D eigenvalue weighted by Gasteiger charge is 2.16. The van der Waals surface area contributed by atoms with Crippen LogP contribution < -0.4 is 5.32 Å². The van der Waals surface area contributed by atoms with Gasteiger partial charge in [0.2, 0.25) is 5.91 Å². The fraction of sp³-hybridized carbons (Fsp3) is 0.318. The lowest BCUT2D eigenvalue weighted by Crippen LogP contribution is -2.46. The standard InChI is InChI=1S/C22H25F2N3O/c23-20-9-8-19(17-21(20)24)25-22(28)10-12-27-15-13-26(14-16-27)11-4-7-18-5-2-1-3-6-18/h1-9,17H,10-16H2,(H,25,28)/b7-4+. The number of piperazine rings is 1. The minimum absolute atomic E-state index is 0.195. The molecule has 3 rings (SSSR count). The Morgan fingerprint density at radius 1 is 0.964 bits per heavy atom. The van der Waals surface area contributed by atoms with Gasteiger partial charge in [-0.05, 0) is 17.7 Å². The van der Waals surface area contributed by atoms with Gasteiger partial charge < -0.3 is 10.2 Å². The van der Waals surface area contributed by atoms with E-state index in [1.165, 1.54) is 11.6 Å². The van der Waals surface area contributed by atoms with E-state index >= 15 is 0 Å². The highest BCUT2D eigenvalue weighted by Crippen LogP contribution is 2.13. The second-order valence-corrected chi connectivity index (χ2v) is 6.88. The summed E-state index contributed by atoms with van der Waals surface area (Å²) in [6.07, 6.45) is 4.64. The van der Waals surface area contributed by atoms with E-state index in [0.29, 0.717) is 13.0 Å². The fourth-order valence-electron chi connectivity index (χ4n) is 3.15. The quantitative estimate of drug-likeness (QED) is 0.791. The molecule has 0 atom stereocenters. The summed E-state index contributed by atoms with van der Waals surface area (Å²) in [6.45, 7) is 5.33. The van der Waals surface area contributed by atoms with Crippen molar-refractivity contribution in [2.75, 3.05) is 44.6 Å². The maximum Gasteiger partial charge on any atom is 0.225 e. The lowest BCUT2D eigenvalue weighted by atomic mass is 10.2. The van der Waals surface area contributed by atoms with Crippen molar-refractivity contribution in [2.45, 2.75) is 6.42 Å². The molecule has 1 aliphatic heterocycles. The average Bonchev–Trinajstić information content (AvgIpc) is 2.71. The molecule has 2 aromatic rings. The number of hydrogen-bond acceptors (Lipinski definition) is 3. The molecule has 0 bridgehead atoms. The molecule has 0 aliphatic carbocycles. The first-order valence-corrected chi connectivity index (χ1v) is 9.51. The Bertz CT molecular complexity index is 803. The van der Waals surface area contributed by atoms with Gasteiger partial charge in [-0.15, -0.1) is 0 Å². The summed E-state index contributed by atoms with van der Waals surface area (Å²) in [4.78, 5) is 16.7. The predicted molar refractivity (Wildman–Crippen MR) is 108 cm³/mol. The van der Waals surface area contributed by atoms with Crippen molar-refractivity contribution < 1.29 is 13.6 Å². The van der Waals surface area contributed by atoms with E-state index in [4.69, 9.17) is 0 Å². The normalized spacial score (nSPS) is 15.8. The van der Waals surface area contributed by atoms with Crippen LogP contribution >= 0.6 is 0 Å². The lowest BCUT2D eigenvalue weighted by molar-refractivity contribution is -0.116. The summed E-state index contributed by atoms with van der Waals surface area (Å²) in [5.74, 6) is -2.08. The van der Waals surface area contributed by atoms with Crippen LogP contribution in [0.3, 0.4) is 0 Å². The Kier molecular flexibility index (Phi) is 7.28. The van der Waals surface area contributed by atoms with Gasteiger partial charge in [-0.1, -0.05) is 42.5 Å². The second-order valence-electron chi connectivity index (χ2n) is 6.88. The first-order valence-electron chi connectivity index (χ1n) is 9.51. The van der Waals surface area contributed by atoms with Crippen LogP contribution in [0.2, 0.25) is 0 Å². The topological polar surface area (TPSA) is 35.6 Å². The van der Waals surface area contributed by atoms with E-state index in [1.54, 1.807) is 0 Å². The van der Waals surface area contributed by atoms with E-state index in [0.717, 1.165) is 44.9 Å². The molecule has 0 spiro atoms. The highest BCUT2D eigenvalue weighted by molar-refractivity contribution is 5.90. The smallest absolute Gasteiger partial charge is 0.225 e. The number of anilines is 1. The monoisotopic (exact) mass is 385 g/mol. The van der Waals surface area contributed by atoms with Gasteiger partial charge in [-0.2, -0.15) is 0 Å². The van der Waals surface area contributed by atoms with Crippen LogP contribution in [0.5, 0.6) is 0 Å². The molecule has 6 heteroatoms. The number of carbonyl (C=O) groups excluding carboxylic acids is 1. The third-order valence-corrected chi connectivity index (χ3v) is 4.80. The summed E-state index contributed by atoms with van der Waals surface area (Å²) in [6, 6.07) is 13.6. The molecule has 0 unspecified atom stereocenters. The number of carbonyl (C=O) groups is 1. The summed E-state index contributed by atoms with van der Waals surface area (Å²) in [7, 11) is 0. The van der Waals surface area contributed by atoms with Crippen molar-refractivity contribution in [3.05, 3.63) is 71.8 Å². The number of nitrogens with one attached hydrogen (secondary N) is 1. The molecule has 0 aromatic heterocycles. The van der Waals surface area contributed by atoms with E-state index in [2.05, 4.69) is 39.4 Å². The minimum atomic E-state index is -0.963. The maximum atomic E-state index is 13.2. The zero-order valence-corrected chi connectivity index (χ0v) is 15.8. The van der Waals surface area contributed by atoms with Gasteiger partial charge in [0, 0.05) is 57.4 Å². The second kappa shape index (κ2) is 10.1. The molecule has 1 saturated heterocycles. The van der Waals surface area contributed by atoms with Crippen LogP contribution in [0.15, 0.2) is 54.6 Å². The molecule has 1 fully saturated rings. The van der Waals surface area contributed by atoms with Crippen LogP contribution in [0.1, 0.15) is 12.0 Å². The molecule has 2 aromatic carbocycles. The van der Waals surface area contributed by atoms with Crippen LogP contribution in [0, 0.1) is 11.6 Å². The molecule has 1 N–H and O–H groups in total. The van der Waals surface area contributed by atoms with Crippen molar-refractivity contribution in [1.82, 2.24) is 9.80 Å². The first-order chi connectivity index (χ1) is 13.6. The van der Waals surface area contributed by atoms with Crippen molar-refractivity contribution in [1.29, 1.82) is 0 Å². The van der Waals surface area contributed by atoms with Crippen molar-refractivity contribution in [3.63, 3.8) is 0 Å². The van der Waals surface area contributed by atoms with Gasteiger partial charge in [0.1, 0.15) is 0 Å². The summed E-state index contributed by atoms with van der Waals surface area (Å²) in [5, 5.41) is 2.61.